The van der Waals surface area contributed by atoms with Crippen LogP contribution in [0.1, 0.15) is 39.4 Å². The Hall–Kier alpha value is -4.07. The van der Waals surface area contributed by atoms with E-state index in [9.17, 15) is 28.8 Å². The number of carbonyl (C=O) groups is 5. The molecule has 1 aromatic rings. The fourth-order valence-corrected chi connectivity index (χ4v) is 3.22. The molecule has 1 amide bonds. The van der Waals surface area contributed by atoms with Crippen molar-refractivity contribution in [3.63, 3.8) is 0 Å². The van der Waals surface area contributed by atoms with E-state index >= 15 is 0 Å². The normalized spacial score (nSPS) is 21.3. The van der Waals surface area contributed by atoms with Gasteiger partial charge in [-0.05, 0) is 0 Å². The minimum absolute atomic E-state index is 0.164. The van der Waals surface area contributed by atoms with E-state index in [-0.39, 0.29) is 18.1 Å². The van der Waals surface area contributed by atoms with E-state index in [0.717, 1.165) is 38.5 Å². The number of nitrogens with one attached hydrogen (secondary N) is 1. The third kappa shape index (κ3) is 7.46. The number of amides is 1. The number of carbonyl (C=O) groups excluding carboxylic acids is 5. The van der Waals surface area contributed by atoms with Gasteiger partial charge >= 0.3 is 23.9 Å². The molecule has 0 bridgehead atoms. The van der Waals surface area contributed by atoms with Gasteiger partial charge in [-0.2, -0.15) is 4.98 Å². The quantitative estimate of drug-likeness (QED) is 0.283. The molecule has 1 N–H and O–H groups in total. The van der Waals surface area contributed by atoms with E-state index in [4.69, 9.17) is 18.9 Å². The zero-order valence-electron chi connectivity index (χ0n) is 19.6. The van der Waals surface area contributed by atoms with Crippen LogP contribution >= 0.6 is 0 Å². The molecular formula is C21H25N3O11. The summed E-state index contributed by atoms with van der Waals surface area (Å²) in [7, 11) is 1.16. The fraction of sp³-hybridized carbons (Fsp3) is 0.476. The molecule has 4 unspecified atom stereocenters. The van der Waals surface area contributed by atoms with Gasteiger partial charge in [-0.25, -0.2) is 4.79 Å². The molecule has 2 heterocycles. The van der Waals surface area contributed by atoms with Crippen molar-refractivity contribution in [2.24, 2.45) is 0 Å². The van der Waals surface area contributed by atoms with Crippen LogP contribution in [-0.2, 0) is 47.7 Å². The number of anilines is 1. The van der Waals surface area contributed by atoms with Crippen molar-refractivity contribution in [3.8, 4) is 0 Å². The molecule has 0 saturated carbocycles. The van der Waals surface area contributed by atoms with Crippen LogP contribution in [0.15, 0.2) is 17.1 Å². The lowest BCUT2D eigenvalue weighted by Gasteiger charge is -2.23. The molecule has 1 saturated heterocycles. The summed E-state index contributed by atoms with van der Waals surface area (Å²) < 4.78 is 27.1. The first-order chi connectivity index (χ1) is 16.4. The number of rotatable bonds is 8. The van der Waals surface area contributed by atoms with Gasteiger partial charge in [0.1, 0.15) is 18.8 Å². The predicted molar refractivity (Wildman–Crippen MR) is 116 cm³/mol. The van der Waals surface area contributed by atoms with Crippen molar-refractivity contribution in [2.45, 2.75) is 52.1 Å². The zero-order valence-corrected chi connectivity index (χ0v) is 19.6. The van der Waals surface area contributed by atoms with Gasteiger partial charge in [0.2, 0.25) is 11.9 Å². The molecule has 1 aliphatic rings. The summed E-state index contributed by atoms with van der Waals surface area (Å²) in [6, 6.07) is 0. The lowest BCUT2D eigenvalue weighted by molar-refractivity contribution is -0.165. The molecule has 14 heteroatoms. The second-order valence-corrected chi connectivity index (χ2v) is 7.30. The topological polar surface area (TPSA) is 178 Å². The number of hydrogen-bond acceptors (Lipinski definition) is 12. The van der Waals surface area contributed by atoms with Crippen molar-refractivity contribution < 1.29 is 47.7 Å². The van der Waals surface area contributed by atoms with E-state index in [1.165, 1.54) is 19.3 Å². The lowest BCUT2D eigenvalue weighted by Crippen LogP contribution is -2.40. The van der Waals surface area contributed by atoms with Crippen molar-refractivity contribution in [1.29, 1.82) is 0 Å². The van der Waals surface area contributed by atoms with Crippen LogP contribution in [0.5, 0.6) is 0 Å². The van der Waals surface area contributed by atoms with Gasteiger partial charge in [0.25, 0.3) is 5.56 Å². The van der Waals surface area contributed by atoms with Gasteiger partial charge in [-0.15, -0.1) is 0 Å². The van der Waals surface area contributed by atoms with Gasteiger partial charge in [-0.1, -0.05) is 0 Å². The molecule has 0 aromatic carbocycles. The minimum Gasteiger partial charge on any atom is -0.466 e. The van der Waals surface area contributed by atoms with E-state index in [1.807, 2.05) is 0 Å². The van der Waals surface area contributed by atoms with Gasteiger partial charge in [0.15, 0.2) is 12.2 Å². The highest BCUT2D eigenvalue weighted by atomic mass is 16.6. The summed E-state index contributed by atoms with van der Waals surface area (Å²) in [6.07, 6.45) is -1.57. The van der Waals surface area contributed by atoms with Gasteiger partial charge in [0, 0.05) is 46.2 Å². The van der Waals surface area contributed by atoms with Gasteiger partial charge < -0.3 is 23.7 Å². The highest BCUT2D eigenvalue weighted by Gasteiger charge is 2.51. The molecular weight excluding hydrogens is 470 g/mol. The van der Waals surface area contributed by atoms with Crippen LogP contribution in [-0.4, -0.2) is 71.4 Å². The highest BCUT2D eigenvalue weighted by Crippen LogP contribution is 2.36. The van der Waals surface area contributed by atoms with E-state index in [2.05, 4.69) is 15.0 Å². The molecule has 0 aliphatic carbocycles. The maximum absolute atomic E-state index is 12.9. The lowest BCUT2D eigenvalue weighted by atomic mass is 10.0. The van der Waals surface area contributed by atoms with Crippen LogP contribution in [0.3, 0.4) is 0 Å². The third-order valence-electron chi connectivity index (χ3n) is 4.51. The Morgan fingerprint density at radius 3 is 2.23 bits per heavy atom. The first-order valence-corrected chi connectivity index (χ1v) is 10.2. The molecule has 1 fully saturated rings. The van der Waals surface area contributed by atoms with E-state index < -0.39 is 59.8 Å². The monoisotopic (exact) mass is 495 g/mol. The van der Waals surface area contributed by atoms with E-state index in [1.54, 1.807) is 0 Å². The molecule has 1 aromatic heterocycles. The van der Waals surface area contributed by atoms with Crippen molar-refractivity contribution in [1.82, 2.24) is 9.55 Å². The summed E-state index contributed by atoms with van der Waals surface area (Å²) in [5, 5.41) is 2.35. The molecule has 35 heavy (non-hydrogen) atoms. The minimum atomic E-state index is -1.31. The Kier molecular flexibility index (Phi) is 9.22. The Morgan fingerprint density at radius 1 is 1.06 bits per heavy atom. The molecule has 14 nitrogen and oxygen atoms in total. The number of ether oxygens (including phenoxy) is 5. The molecule has 0 spiro atoms. The zero-order chi connectivity index (χ0) is 26.3. The first-order valence-electron chi connectivity index (χ1n) is 10.2. The number of nitrogens with zero attached hydrogens (tertiary/aromatic N) is 2. The molecule has 4 atom stereocenters. The van der Waals surface area contributed by atoms with Gasteiger partial charge in [0.05, 0.1) is 12.7 Å². The third-order valence-corrected chi connectivity index (χ3v) is 4.51. The van der Waals surface area contributed by atoms with Crippen molar-refractivity contribution in [2.75, 3.05) is 19.0 Å². The summed E-state index contributed by atoms with van der Waals surface area (Å²) in [5.41, 5.74) is -1.03. The number of aromatic nitrogens is 2. The largest absolute Gasteiger partial charge is 0.466 e. The van der Waals surface area contributed by atoms with Crippen LogP contribution < -0.4 is 10.9 Å². The standard InChI is InChI=1S/C21H25N3O11/c1-10(25)22-21-23-20(30)14(8-24(21)7-6-16(29)31-5)17-19(34-13(4)28)18(33-12(3)27)15(35-17)9-32-11(2)26/h6-8,15,17-19H,9H2,1-5H3,(H,22,23,25,30)/b7-6+. The molecule has 0 radical (unpaired) electrons. The average molecular weight is 495 g/mol. The molecule has 2 rings (SSSR count). The number of esters is 4. The Balaban J connectivity index is 2.60. The Labute approximate surface area is 199 Å². The summed E-state index contributed by atoms with van der Waals surface area (Å²) >= 11 is 0. The maximum atomic E-state index is 12.9. The van der Waals surface area contributed by atoms with Crippen LogP contribution in [0, 0.1) is 0 Å². The van der Waals surface area contributed by atoms with Crippen LogP contribution in [0.2, 0.25) is 0 Å². The van der Waals surface area contributed by atoms with Gasteiger partial charge in [-0.3, -0.25) is 33.9 Å². The number of hydrogen-bond donors (Lipinski definition) is 1. The fourth-order valence-electron chi connectivity index (χ4n) is 3.22. The van der Waals surface area contributed by atoms with E-state index in [0.29, 0.717) is 0 Å². The van der Waals surface area contributed by atoms with Crippen molar-refractivity contribution >= 4 is 41.9 Å². The van der Waals surface area contributed by atoms with Crippen LogP contribution in [0.4, 0.5) is 5.95 Å². The highest BCUT2D eigenvalue weighted by molar-refractivity contribution is 5.88. The SMILES string of the molecule is COC(=O)/C=C/n1cc(C2OC(COC(C)=O)C(OC(C)=O)C2OC(C)=O)c(=O)nc1NC(C)=O. The Bertz CT molecular complexity index is 1090. The first kappa shape index (κ1) is 27.2. The van der Waals surface area contributed by atoms with Crippen LogP contribution in [0.25, 0.3) is 6.20 Å². The van der Waals surface area contributed by atoms with Crippen molar-refractivity contribution in [3.05, 3.63) is 28.2 Å². The predicted octanol–water partition coefficient (Wildman–Crippen LogP) is -0.288. The molecule has 190 valence electrons. The second-order valence-electron chi connectivity index (χ2n) is 7.30. The average Bonchev–Trinajstić information content (AvgIpc) is 3.06. The second kappa shape index (κ2) is 11.9. The molecule has 1 aliphatic heterocycles. The maximum Gasteiger partial charge on any atom is 0.331 e. The summed E-state index contributed by atoms with van der Waals surface area (Å²) in [4.78, 5) is 74.6. The summed E-state index contributed by atoms with van der Waals surface area (Å²) in [5.74, 6) is -3.63. The number of methoxy groups -OCH3 is 1. The Morgan fingerprint density at radius 2 is 1.69 bits per heavy atom. The summed E-state index contributed by atoms with van der Waals surface area (Å²) in [6.45, 7) is 4.21. The smallest absolute Gasteiger partial charge is 0.331 e.